The first-order chi connectivity index (χ1) is 13.6. The molecule has 2 N–H and O–H groups in total. The predicted molar refractivity (Wildman–Crippen MR) is 97.5 cm³/mol. The molecule has 9 nitrogen and oxygen atoms in total. The Morgan fingerprint density at radius 3 is 2.86 bits per heavy atom. The number of carboxylic acids is 1. The Balaban J connectivity index is 1.45. The fourth-order valence-electron chi connectivity index (χ4n) is 3.03. The van der Waals surface area contributed by atoms with Gasteiger partial charge in [-0.15, -0.1) is 0 Å². The lowest BCUT2D eigenvalue weighted by Crippen LogP contribution is -2.51. The van der Waals surface area contributed by atoms with E-state index in [1.54, 1.807) is 41.2 Å². The van der Waals surface area contributed by atoms with Gasteiger partial charge in [0.15, 0.2) is 0 Å². The monoisotopic (exact) mass is 382 g/mol. The quantitative estimate of drug-likeness (QED) is 0.685. The molecule has 1 aliphatic rings. The number of benzene rings is 1. The van der Waals surface area contributed by atoms with Gasteiger partial charge in [0.1, 0.15) is 17.5 Å². The number of nitrogens with zero attached hydrogens (tertiary/aromatic N) is 3. The number of aromatic nitrogens is 3. The fourth-order valence-corrected chi connectivity index (χ4v) is 3.03. The van der Waals surface area contributed by atoms with Crippen molar-refractivity contribution in [3.8, 4) is 5.75 Å². The summed E-state index contributed by atoms with van der Waals surface area (Å²) in [7, 11) is 0. The van der Waals surface area contributed by atoms with E-state index in [0.29, 0.717) is 31.2 Å². The lowest BCUT2D eigenvalue weighted by molar-refractivity contribution is -0.0135. The molecular weight excluding hydrogens is 364 g/mol. The first-order valence-corrected chi connectivity index (χ1v) is 8.78. The van der Waals surface area contributed by atoms with Crippen LogP contribution in [-0.4, -0.2) is 56.7 Å². The molecule has 0 spiro atoms. The number of ether oxygens (including phenoxy) is 2. The Labute approximate surface area is 159 Å². The number of hydrogen-bond acceptors (Lipinski definition) is 6. The summed E-state index contributed by atoms with van der Waals surface area (Å²) in [5.74, 6) is -0.352. The van der Waals surface area contributed by atoms with E-state index in [1.807, 2.05) is 0 Å². The smallest absolute Gasteiger partial charge is 0.335 e. The molecule has 2 atom stereocenters. The van der Waals surface area contributed by atoms with Gasteiger partial charge in [-0.3, -0.25) is 9.20 Å². The number of hydrogen-bond donors (Lipinski definition) is 2. The summed E-state index contributed by atoms with van der Waals surface area (Å²) >= 11 is 0. The van der Waals surface area contributed by atoms with Crippen molar-refractivity contribution in [1.82, 2.24) is 19.7 Å². The van der Waals surface area contributed by atoms with Crippen LogP contribution in [0.1, 0.15) is 27.3 Å². The van der Waals surface area contributed by atoms with E-state index in [2.05, 4.69) is 15.3 Å². The third kappa shape index (κ3) is 3.79. The highest BCUT2D eigenvalue weighted by Gasteiger charge is 2.30. The molecule has 3 aromatic rings. The van der Waals surface area contributed by atoms with Gasteiger partial charge in [-0.05, 0) is 36.8 Å². The van der Waals surface area contributed by atoms with Crippen LogP contribution in [0.3, 0.4) is 0 Å². The molecule has 1 aromatic carbocycles. The molecule has 28 heavy (non-hydrogen) atoms. The van der Waals surface area contributed by atoms with Crippen molar-refractivity contribution < 1.29 is 24.2 Å². The number of fused-ring (bicyclic) bond motifs is 1. The number of imidazole rings is 1. The Morgan fingerprint density at radius 1 is 1.29 bits per heavy atom. The Hall–Kier alpha value is -3.46. The molecule has 3 heterocycles. The van der Waals surface area contributed by atoms with Crippen LogP contribution >= 0.6 is 0 Å². The third-order valence-electron chi connectivity index (χ3n) is 4.48. The van der Waals surface area contributed by atoms with Crippen molar-refractivity contribution in [3.05, 3.63) is 60.2 Å². The Morgan fingerprint density at radius 2 is 2.11 bits per heavy atom. The van der Waals surface area contributed by atoms with Gasteiger partial charge in [0, 0.05) is 25.2 Å². The largest absolute Gasteiger partial charge is 0.486 e. The van der Waals surface area contributed by atoms with E-state index in [0.717, 1.165) is 0 Å². The SMILES string of the molecule is O=C(O)c1ccc(O[C@@H]2COCC[C@H]2NC(=O)c2cn3cccnc3n2)cc1. The molecule has 0 unspecified atom stereocenters. The molecule has 9 heteroatoms. The predicted octanol–water partition coefficient (Wildman–Crippen LogP) is 1.39. The van der Waals surface area contributed by atoms with Crippen molar-refractivity contribution >= 4 is 17.7 Å². The van der Waals surface area contributed by atoms with Crippen LogP contribution in [0, 0.1) is 0 Å². The average molecular weight is 382 g/mol. The minimum atomic E-state index is -1.00. The van der Waals surface area contributed by atoms with Crippen LogP contribution in [0.15, 0.2) is 48.9 Å². The van der Waals surface area contributed by atoms with Crippen LogP contribution in [0.25, 0.3) is 5.78 Å². The van der Waals surface area contributed by atoms with Crippen molar-refractivity contribution in [1.29, 1.82) is 0 Å². The average Bonchev–Trinajstić information content (AvgIpc) is 3.14. The molecular formula is C19H18N4O5. The van der Waals surface area contributed by atoms with Gasteiger partial charge in [0.2, 0.25) is 5.78 Å². The molecule has 144 valence electrons. The molecule has 0 saturated carbocycles. The lowest BCUT2D eigenvalue weighted by Gasteiger charge is -2.32. The van der Waals surface area contributed by atoms with Crippen LogP contribution in [-0.2, 0) is 4.74 Å². The summed E-state index contributed by atoms with van der Waals surface area (Å²) in [6.07, 6.45) is 5.20. The Bertz CT molecular complexity index is 968. The zero-order chi connectivity index (χ0) is 19.5. The van der Waals surface area contributed by atoms with Crippen LogP contribution in [0.2, 0.25) is 0 Å². The summed E-state index contributed by atoms with van der Waals surface area (Å²) in [6.45, 7) is 0.827. The number of carbonyl (C=O) groups is 2. The van der Waals surface area contributed by atoms with Crippen LogP contribution in [0.5, 0.6) is 5.75 Å². The van der Waals surface area contributed by atoms with Gasteiger partial charge in [-0.25, -0.2) is 14.8 Å². The standard InChI is InChI=1S/C19H18N4O5/c24-17(15-10-23-8-1-7-20-19(23)22-15)21-14-6-9-27-11-16(14)28-13-4-2-12(3-5-13)18(25)26/h1-5,7-8,10,14,16H,6,9,11H2,(H,21,24)(H,25,26)/t14-,16-/m1/s1. The molecule has 1 fully saturated rings. The van der Waals surface area contributed by atoms with Crippen LogP contribution < -0.4 is 10.1 Å². The van der Waals surface area contributed by atoms with Crippen molar-refractivity contribution in [2.24, 2.45) is 0 Å². The molecule has 0 aliphatic carbocycles. The summed E-state index contributed by atoms with van der Waals surface area (Å²) < 4.78 is 13.1. The first kappa shape index (κ1) is 17.9. The molecule has 1 amide bonds. The second-order valence-corrected chi connectivity index (χ2v) is 6.38. The van der Waals surface area contributed by atoms with Gasteiger partial charge in [0.05, 0.1) is 18.2 Å². The molecule has 0 radical (unpaired) electrons. The highest BCUT2D eigenvalue weighted by atomic mass is 16.5. The molecule has 2 aromatic heterocycles. The maximum atomic E-state index is 12.6. The van der Waals surface area contributed by atoms with E-state index in [1.165, 1.54) is 12.1 Å². The zero-order valence-electron chi connectivity index (χ0n) is 14.8. The van der Waals surface area contributed by atoms with E-state index < -0.39 is 12.1 Å². The highest BCUT2D eigenvalue weighted by Crippen LogP contribution is 2.19. The van der Waals surface area contributed by atoms with Gasteiger partial charge in [-0.1, -0.05) is 0 Å². The summed E-state index contributed by atoms with van der Waals surface area (Å²) in [5.41, 5.74) is 0.451. The topological polar surface area (TPSA) is 115 Å². The number of carboxylic acid groups (broad SMARTS) is 1. The van der Waals surface area contributed by atoms with Gasteiger partial charge in [0.25, 0.3) is 5.91 Å². The first-order valence-electron chi connectivity index (χ1n) is 8.78. The van der Waals surface area contributed by atoms with Crippen molar-refractivity contribution in [2.75, 3.05) is 13.2 Å². The summed E-state index contributed by atoms with van der Waals surface area (Å²) in [4.78, 5) is 31.9. The normalized spacial score (nSPS) is 19.3. The Kier molecular flexibility index (Phi) is 4.90. The van der Waals surface area contributed by atoms with Gasteiger partial charge < -0.3 is 19.9 Å². The van der Waals surface area contributed by atoms with E-state index in [-0.39, 0.29) is 23.2 Å². The number of rotatable bonds is 5. The summed E-state index contributed by atoms with van der Waals surface area (Å²) in [6, 6.07) is 7.61. The zero-order valence-corrected chi connectivity index (χ0v) is 14.8. The number of carbonyl (C=O) groups excluding carboxylic acids is 1. The van der Waals surface area contributed by atoms with Crippen LogP contribution in [0.4, 0.5) is 0 Å². The third-order valence-corrected chi connectivity index (χ3v) is 4.48. The number of nitrogens with one attached hydrogen (secondary N) is 1. The molecule has 1 aliphatic heterocycles. The fraction of sp³-hybridized carbons (Fsp3) is 0.263. The maximum absolute atomic E-state index is 12.6. The number of amides is 1. The van der Waals surface area contributed by atoms with E-state index >= 15 is 0 Å². The highest BCUT2D eigenvalue weighted by molar-refractivity contribution is 5.93. The molecule has 4 rings (SSSR count). The minimum absolute atomic E-state index is 0.178. The van der Waals surface area contributed by atoms with E-state index in [9.17, 15) is 9.59 Å². The minimum Gasteiger partial charge on any atom is -0.486 e. The van der Waals surface area contributed by atoms with Crippen molar-refractivity contribution in [2.45, 2.75) is 18.6 Å². The second kappa shape index (κ2) is 7.65. The van der Waals surface area contributed by atoms with E-state index in [4.69, 9.17) is 14.6 Å². The van der Waals surface area contributed by atoms with Gasteiger partial charge >= 0.3 is 5.97 Å². The summed E-state index contributed by atoms with van der Waals surface area (Å²) in [5, 5.41) is 11.9. The van der Waals surface area contributed by atoms with Gasteiger partial charge in [-0.2, -0.15) is 0 Å². The molecule has 1 saturated heterocycles. The molecule has 0 bridgehead atoms. The maximum Gasteiger partial charge on any atom is 0.335 e. The second-order valence-electron chi connectivity index (χ2n) is 6.38. The number of aromatic carboxylic acids is 1. The lowest BCUT2D eigenvalue weighted by atomic mass is 10.1. The van der Waals surface area contributed by atoms with Crippen molar-refractivity contribution in [3.63, 3.8) is 0 Å².